The Morgan fingerprint density at radius 2 is 2.04 bits per heavy atom. The number of amides is 3. The summed E-state index contributed by atoms with van der Waals surface area (Å²) >= 11 is 7.18. The molecule has 2 aromatic heterocycles. The number of benzene rings is 1. The summed E-state index contributed by atoms with van der Waals surface area (Å²) in [4.78, 5) is 23.6. The molecule has 3 rings (SSSR count). The molecule has 0 unspecified atom stereocenters. The van der Waals surface area contributed by atoms with Crippen LogP contribution in [0.15, 0.2) is 52.2 Å². The van der Waals surface area contributed by atoms with E-state index in [0.717, 1.165) is 11.8 Å². The summed E-state index contributed by atoms with van der Waals surface area (Å²) < 4.78 is 6.33. The average Bonchev–Trinajstić information content (AvgIpc) is 3.29. The van der Waals surface area contributed by atoms with E-state index in [1.54, 1.807) is 36.4 Å². The van der Waals surface area contributed by atoms with E-state index in [4.69, 9.17) is 21.9 Å². The zero-order valence-electron chi connectivity index (χ0n) is 13.9. The monoisotopic (exact) mass is 406 g/mol. The number of nitrogen functional groups attached to an aromatic ring is 1. The average molecular weight is 407 g/mol. The van der Waals surface area contributed by atoms with Gasteiger partial charge in [-0.25, -0.2) is 9.47 Å². The lowest BCUT2D eigenvalue weighted by atomic mass is 10.2. The number of hydrogen-bond acceptors (Lipinski definition) is 7. The molecule has 0 spiro atoms. The zero-order chi connectivity index (χ0) is 19.2. The van der Waals surface area contributed by atoms with Crippen molar-refractivity contribution in [2.24, 2.45) is 0 Å². The van der Waals surface area contributed by atoms with E-state index in [2.05, 4.69) is 20.8 Å². The van der Waals surface area contributed by atoms with E-state index in [1.807, 2.05) is 0 Å². The molecule has 0 saturated carbocycles. The summed E-state index contributed by atoms with van der Waals surface area (Å²) in [6.07, 6.45) is 1.50. The number of aromatic nitrogens is 3. The Labute approximate surface area is 163 Å². The molecule has 11 heteroatoms. The van der Waals surface area contributed by atoms with Crippen LogP contribution in [-0.2, 0) is 11.3 Å². The maximum absolute atomic E-state index is 11.9. The molecule has 0 atom stereocenters. The molecule has 0 aliphatic carbocycles. The Balaban J connectivity index is 1.52. The number of carbonyl (C=O) groups is 2. The molecule has 0 aliphatic rings. The van der Waals surface area contributed by atoms with Gasteiger partial charge in [0.15, 0.2) is 5.82 Å². The SMILES string of the molecule is Nn1c(SCC(=O)NC(=O)NCc2ccco2)nnc1-c1ccccc1Cl. The van der Waals surface area contributed by atoms with Crippen molar-refractivity contribution >= 4 is 35.3 Å². The van der Waals surface area contributed by atoms with Crippen molar-refractivity contribution in [3.63, 3.8) is 0 Å². The number of urea groups is 1. The fraction of sp³-hybridized carbons (Fsp3) is 0.125. The first-order valence-corrected chi connectivity index (χ1v) is 9.09. The molecule has 0 aliphatic heterocycles. The first-order valence-electron chi connectivity index (χ1n) is 7.73. The van der Waals surface area contributed by atoms with Gasteiger partial charge in [0.1, 0.15) is 5.76 Å². The molecule has 0 radical (unpaired) electrons. The number of hydrogen-bond donors (Lipinski definition) is 3. The normalized spacial score (nSPS) is 10.6. The minimum absolute atomic E-state index is 0.0635. The maximum Gasteiger partial charge on any atom is 0.321 e. The number of rotatable bonds is 6. The summed E-state index contributed by atoms with van der Waals surface area (Å²) in [7, 11) is 0. The van der Waals surface area contributed by atoms with Crippen molar-refractivity contribution in [2.45, 2.75) is 11.7 Å². The highest BCUT2D eigenvalue weighted by Crippen LogP contribution is 2.27. The van der Waals surface area contributed by atoms with Crippen molar-refractivity contribution in [2.75, 3.05) is 11.6 Å². The fourth-order valence-electron chi connectivity index (χ4n) is 2.12. The highest BCUT2D eigenvalue weighted by atomic mass is 35.5. The number of halogens is 1. The van der Waals surface area contributed by atoms with E-state index in [9.17, 15) is 9.59 Å². The molecule has 9 nitrogen and oxygen atoms in total. The van der Waals surface area contributed by atoms with E-state index in [0.29, 0.717) is 27.3 Å². The van der Waals surface area contributed by atoms with Gasteiger partial charge in [-0.1, -0.05) is 35.5 Å². The van der Waals surface area contributed by atoms with Gasteiger partial charge in [-0.15, -0.1) is 10.2 Å². The third-order valence-electron chi connectivity index (χ3n) is 3.37. The summed E-state index contributed by atoms with van der Waals surface area (Å²) in [6, 6.07) is 9.87. The lowest BCUT2D eigenvalue weighted by Crippen LogP contribution is -2.39. The number of thioether (sulfide) groups is 1. The molecule has 0 bridgehead atoms. The van der Waals surface area contributed by atoms with Crippen LogP contribution in [0.25, 0.3) is 11.4 Å². The summed E-state index contributed by atoms with van der Waals surface area (Å²) in [5.41, 5.74) is 0.628. The van der Waals surface area contributed by atoms with Crippen LogP contribution in [-0.4, -0.2) is 32.6 Å². The second-order valence-corrected chi connectivity index (χ2v) is 6.60. The number of imide groups is 1. The topological polar surface area (TPSA) is 128 Å². The Kier molecular flexibility index (Phi) is 5.99. The summed E-state index contributed by atoms with van der Waals surface area (Å²) in [6.45, 7) is 0.178. The van der Waals surface area contributed by atoms with Gasteiger partial charge in [0, 0.05) is 5.56 Å². The van der Waals surface area contributed by atoms with Crippen molar-refractivity contribution in [3.8, 4) is 11.4 Å². The lowest BCUT2D eigenvalue weighted by Gasteiger charge is -2.06. The molecule has 4 N–H and O–H groups in total. The van der Waals surface area contributed by atoms with Gasteiger partial charge < -0.3 is 15.6 Å². The van der Waals surface area contributed by atoms with Gasteiger partial charge in [0.2, 0.25) is 11.1 Å². The fourth-order valence-corrected chi connectivity index (χ4v) is 3.00. The summed E-state index contributed by atoms with van der Waals surface area (Å²) in [5.74, 6) is 6.37. The largest absolute Gasteiger partial charge is 0.467 e. The van der Waals surface area contributed by atoms with Crippen molar-refractivity contribution < 1.29 is 14.0 Å². The first kappa shape index (κ1) is 18.8. The standard InChI is InChI=1S/C16H15ClN6O3S/c17-12-6-2-1-5-11(12)14-21-22-16(23(14)18)27-9-13(24)20-15(25)19-8-10-4-3-7-26-10/h1-7H,8-9,18H2,(H2,19,20,24,25). The molecular formula is C16H15ClN6O3S. The van der Waals surface area contributed by atoms with Crippen LogP contribution in [0.4, 0.5) is 4.79 Å². The predicted octanol–water partition coefficient (Wildman–Crippen LogP) is 2.02. The molecule has 0 fully saturated rings. The van der Waals surface area contributed by atoms with Crippen LogP contribution < -0.4 is 16.5 Å². The second-order valence-electron chi connectivity index (χ2n) is 5.25. The van der Waals surface area contributed by atoms with Crippen molar-refractivity contribution in [3.05, 3.63) is 53.4 Å². The Hall–Kier alpha value is -2.98. The highest BCUT2D eigenvalue weighted by molar-refractivity contribution is 7.99. The van der Waals surface area contributed by atoms with E-state index < -0.39 is 11.9 Å². The Bertz CT molecular complexity index is 944. The third kappa shape index (κ3) is 4.80. The molecule has 140 valence electrons. The molecule has 3 aromatic rings. The third-order valence-corrected chi connectivity index (χ3v) is 4.64. The quantitative estimate of drug-likeness (QED) is 0.422. The first-order chi connectivity index (χ1) is 13.0. The van der Waals surface area contributed by atoms with Gasteiger partial charge in [0.05, 0.1) is 23.6 Å². The maximum atomic E-state index is 11.9. The molecule has 1 aromatic carbocycles. The smallest absolute Gasteiger partial charge is 0.321 e. The number of nitrogens with two attached hydrogens (primary N) is 1. The van der Waals surface area contributed by atoms with Crippen LogP contribution in [0, 0.1) is 0 Å². The molecule has 2 heterocycles. The highest BCUT2D eigenvalue weighted by Gasteiger charge is 2.16. The minimum Gasteiger partial charge on any atom is -0.467 e. The van der Waals surface area contributed by atoms with Gasteiger partial charge in [-0.2, -0.15) is 0 Å². The van der Waals surface area contributed by atoms with Gasteiger partial charge in [-0.3, -0.25) is 10.1 Å². The lowest BCUT2D eigenvalue weighted by molar-refractivity contribution is -0.117. The molecule has 27 heavy (non-hydrogen) atoms. The predicted molar refractivity (Wildman–Crippen MR) is 100 cm³/mol. The van der Waals surface area contributed by atoms with E-state index in [1.165, 1.54) is 10.9 Å². The van der Waals surface area contributed by atoms with Crippen LogP contribution >= 0.6 is 23.4 Å². The van der Waals surface area contributed by atoms with Crippen LogP contribution in [0.2, 0.25) is 5.02 Å². The van der Waals surface area contributed by atoms with E-state index >= 15 is 0 Å². The number of furan rings is 1. The zero-order valence-corrected chi connectivity index (χ0v) is 15.5. The molecular weight excluding hydrogens is 392 g/mol. The summed E-state index contributed by atoms with van der Waals surface area (Å²) in [5, 5.41) is 13.5. The van der Waals surface area contributed by atoms with Gasteiger partial charge >= 0.3 is 6.03 Å². The van der Waals surface area contributed by atoms with Crippen LogP contribution in [0.5, 0.6) is 0 Å². The minimum atomic E-state index is -0.622. The van der Waals surface area contributed by atoms with Crippen LogP contribution in [0.3, 0.4) is 0 Å². The number of nitrogens with zero attached hydrogens (tertiary/aromatic N) is 3. The van der Waals surface area contributed by atoms with Crippen LogP contribution in [0.1, 0.15) is 5.76 Å². The van der Waals surface area contributed by atoms with Crippen molar-refractivity contribution in [1.82, 2.24) is 25.5 Å². The number of nitrogens with one attached hydrogen (secondary N) is 2. The van der Waals surface area contributed by atoms with Gasteiger partial charge in [-0.05, 0) is 24.3 Å². The number of carbonyl (C=O) groups excluding carboxylic acids is 2. The van der Waals surface area contributed by atoms with Crippen molar-refractivity contribution in [1.29, 1.82) is 0 Å². The molecule has 3 amide bonds. The van der Waals surface area contributed by atoms with E-state index in [-0.39, 0.29) is 12.3 Å². The molecule has 0 saturated heterocycles. The van der Waals surface area contributed by atoms with Gasteiger partial charge in [0.25, 0.3) is 0 Å². The Morgan fingerprint density at radius 1 is 1.22 bits per heavy atom. The Morgan fingerprint density at radius 3 is 2.78 bits per heavy atom. The second kappa shape index (κ2) is 8.60.